The zero-order valence-electron chi connectivity index (χ0n) is 19.2. The van der Waals surface area contributed by atoms with E-state index in [2.05, 4.69) is 47.8 Å². The van der Waals surface area contributed by atoms with E-state index in [-0.39, 0.29) is 17.7 Å². The molecular formula is C22H26ClN9O2. The molecule has 3 N–H and O–H groups in total. The van der Waals surface area contributed by atoms with Gasteiger partial charge in [0, 0.05) is 12.2 Å². The highest BCUT2D eigenvalue weighted by Crippen LogP contribution is 2.40. The average molecular weight is 484 g/mol. The molecule has 1 saturated heterocycles. The Balaban J connectivity index is 1.76. The summed E-state index contributed by atoms with van der Waals surface area (Å²) in [5.74, 6) is 1.23. The monoisotopic (exact) mass is 483 g/mol. The molecule has 3 heterocycles. The van der Waals surface area contributed by atoms with Gasteiger partial charge in [-0.05, 0) is 63.5 Å². The summed E-state index contributed by atoms with van der Waals surface area (Å²) in [5.41, 5.74) is 2.47. The van der Waals surface area contributed by atoms with Crippen LogP contribution >= 0.6 is 11.6 Å². The zero-order chi connectivity index (χ0) is 24.2. The Bertz CT molecular complexity index is 1250. The summed E-state index contributed by atoms with van der Waals surface area (Å²) in [6, 6.07) is 3.60. The molecule has 1 fully saturated rings. The summed E-state index contributed by atoms with van der Waals surface area (Å²) in [6.45, 7) is 11.9. The topological polar surface area (TPSA) is 113 Å². The lowest BCUT2D eigenvalue weighted by Crippen LogP contribution is -2.29. The van der Waals surface area contributed by atoms with Crippen molar-refractivity contribution in [3.63, 3.8) is 0 Å². The quantitative estimate of drug-likeness (QED) is 0.439. The maximum Gasteiger partial charge on any atom is 0.411 e. The molecule has 0 unspecified atom stereocenters. The van der Waals surface area contributed by atoms with Crippen molar-refractivity contribution in [2.75, 3.05) is 49.7 Å². The van der Waals surface area contributed by atoms with Crippen molar-refractivity contribution in [1.82, 2.24) is 24.5 Å². The predicted molar refractivity (Wildman–Crippen MR) is 131 cm³/mol. The van der Waals surface area contributed by atoms with Crippen molar-refractivity contribution in [1.29, 1.82) is 0 Å². The van der Waals surface area contributed by atoms with Gasteiger partial charge in [0.15, 0.2) is 5.82 Å². The van der Waals surface area contributed by atoms with Gasteiger partial charge in [0.25, 0.3) is 17.4 Å². The molecule has 1 aliphatic rings. The zero-order valence-corrected chi connectivity index (χ0v) is 20.0. The van der Waals surface area contributed by atoms with Gasteiger partial charge in [-0.15, -0.1) is 4.52 Å². The Morgan fingerprint density at radius 3 is 2.79 bits per heavy atom. The molecule has 1 amide bonds. The molecule has 0 spiro atoms. The van der Waals surface area contributed by atoms with Crippen LogP contribution in [0.1, 0.15) is 31.2 Å². The largest absolute Gasteiger partial charge is 0.453 e. The molecule has 178 valence electrons. The van der Waals surface area contributed by atoms with Gasteiger partial charge < -0.3 is 25.1 Å². The summed E-state index contributed by atoms with van der Waals surface area (Å²) < 4.78 is 6.20. The van der Waals surface area contributed by atoms with E-state index in [4.69, 9.17) is 22.9 Å². The number of aromatic nitrogens is 4. The highest BCUT2D eigenvalue weighted by atomic mass is 35.5. The van der Waals surface area contributed by atoms with Crippen LogP contribution in [0.4, 0.5) is 33.8 Å². The van der Waals surface area contributed by atoms with Gasteiger partial charge in [-0.3, -0.25) is 5.32 Å². The molecular weight excluding hydrogens is 458 g/mol. The molecule has 0 aliphatic carbocycles. The Hall–Kier alpha value is -3.62. The number of nitrogens with zero attached hydrogens (tertiary/aromatic N) is 6. The van der Waals surface area contributed by atoms with E-state index < -0.39 is 6.09 Å². The van der Waals surface area contributed by atoms with Crippen LogP contribution in [-0.2, 0) is 4.74 Å². The molecule has 0 saturated carbocycles. The number of hydrogen-bond acceptors (Lipinski definition) is 8. The minimum Gasteiger partial charge on any atom is -0.453 e. The van der Waals surface area contributed by atoms with Crippen LogP contribution in [0.25, 0.3) is 10.5 Å². The van der Waals surface area contributed by atoms with Crippen LogP contribution in [0.15, 0.2) is 18.3 Å². The number of ether oxygens (including phenoxy) is 1. The highest BCUT2D eigenvalue weighted by Gasteiger charge is 2.24. The Morgan fingerprint density at radius 1 is 1.35 bits per heavy atom. The maximum atomic E-state index is 11.9. The lowest BCUT2D eigenvalue weighted by Gasteiger charge is -2.30. The van der Waals surface area contributed by atoms with Crippen molar-refractivity contribution in [3.05, 3.63) is 40.3 Å². The van der Waals surface area contributed by atoms with Gasteiger partial charge in [-0.2, -0.15) is 4.98 Å². The van der Waals surface area contributed by atoms with Gasteiger partial charge in [0.2, 0.25) is 0 Å². The molecule has 12 heteroatoms. The van der Waals surface area contributed by atoms with Crippen LogP contribution in [0.3, 0.4) is 0 Å². The van der Waals surface area contributed by atoms with Gasteiger partial charge in [0.1, 0.15) is 0 Å². The number of rotatable bonds is 6. The third-order valence-corrected chi connectivity index (χ3v) is 6.16. The number of nitrogens with one attached hydrogen (secondary N) is 3. The number of benzene rings is 1. The van der Waals surface area contributed by atoms with E-state index in [1.54, 1.807) is 6.07 Å². The number of anilines is 4. The number of carbonyl (C=O) groups excluding carboxylic acids is 1. The van der Waals surface area contributed by atoms with Crippen molar-refractivity contribution in [2.45, 2.75) is 25.7 Å². The number of fused-ring (bicyclic) bond motifs is 1. The first-order valence-electron chi connectivity index (χ1n) is 10.9. The molecule has 3 aromatic rings. The lowest BCUT2D eigenvalue weighted by molar-refractivity contribution is 0.187. The molecule has 4 rings (SSSR count). The molecule has 11 nitrogen and oxygen atoms in total. The number of likely N-dealkylation sites (tertiary alicyclic amines) is 1. The fourth-order valence-corrected chi connectivity index (χ4v) is 4.31. The fourth-order valence-electron chi connectivity index (χ4n) is 4.00. The highest BCUT2D eigenvalue weighted by molar-refractivity contribution is 6.34. The average Bonchev–Trinajstić information content (AvgIpc) is 3.25. The minimum atomic E-state index is -0.574. The summed E-state index contributed by atoms with van der Waals surface area (Å²) in [5, 5.41) is 14.0. The van der Waals surface area contributed by atoms with Crippen molar-refractivity contribution in [3.8, 4) is 0 Å². The minimum absolute atomic E-state index is 0.234. The number of hydrogen-bond donors (Lipinski definition) is 3. The van der Waals surface area contributed by atoms with Crippen molar-refractivity contribution in [2.24, 2.45) is 0 Å². The third-order valence-electron chi connectivity index (χ3n) is 5.74. The number of methoxy groups -OCH3 is 1. The number of carbonyl (C=O) groups is 1. The summed E-state index contributed by atoms with van der Waals surface area (Å²) >= 11 is 6.87. The first-order valence-corrected chi connectivity index (χ1v) is 11.3. The standard InChI is InChI=1S/C22H26ClN9O2/c1-5-25-19-20-26-12-17(24-2)32(20)30-21(29-19)28-16-11-14(27-22(33)34-4)10-15(18(16)23)13-6-8-31(3)9-7-13/h10-13H,5-9H2,1,3-4H3,(H,27,33)(H2,25,28,29,30). The van der Waals surface area contributed by atoms with E-state index in [0.717, 1.165) is 31.5 Å². The van der Waals surface area contributed by atoms with E-state index in [1.165, 1.54) is 17.8 Å². The molecule has 0 atom stereocenters. The van der Waals surface area contributed by atoms with Crippen LogP contribution in [0.2, 0.25) is 5.02 Å². The second-order valence-corrected chi connectivity index (χ2v) is 8.40. The maximum absolute atomic E-state index is 11.9. The predicted octanol–water partition coefficient (Wildman–Crippen LogP) is 4.49. The van der Waals surface area contributed by atoms with Crippen molar-refractivity contribution >= 4 is 52.3 Å². The second-order valence-electron chi connectivity index (χ2n) is 8.02. The summed E-state index contributed by atoms with van der Waals surface area (Å²) in [7, 11) is 3.41. The third kappa shape index (κ3) is 4.83. The second kappa shape index (κ2) is 10.1. The first-order chi connectivity index (χ1) is 16.4. The number of imidazole rings is 1. The van der Waals surface area contributed by atoms with Crippen LogP contribution in [-0.4, -0.2) is 64.4 Å². The van der Waals surface area contributed by atoms with E-state index in [0.29, 0.717) is 34.4 Å². The summed E-state index contributed by atoms with van der Waals surface area (Å²) in [4.78, 5) is 26.5. The smallest absolute Gasteiger partial charge is 0.411 e. The number of halogens is 1. The number of amides is 1. The normalized spacial score (nSPS) is 14.6. The van der Waals surface area contributed by atoms with E-state index in [1.807, 2.05) is 13.0 Å². The number of piperidine rings is 1. The Kier molecular flexibility index (Phi) is 7.00. The Labute approximate surface area is 202 Å². The molecule has 34 heavy (non-hydrogen) atoms. The molecule has 1 aliphatic heterocycles. The SMILES string of the molecule is [C-]#[N+]c1cnc2c(NCC)nc(Nc3cc(NC(=O)OC)cc(C4CCN(C)CC4)c3Cl)nn12. The van der Waals surface area contributed by atoms with E-state index in [9.17, 15) is 4.79 Å². The lowest BCUT2D eigenvalue weighted by atomic mass is 9.89. The van der Waals surface area contributed by atoms with Gasteiger partial charge in [0.05, 0.1) is 24.0 Å². The van der Waals surface area contributed by atoms with Crippen LogP contribution in [0, 0.1) is 6.57 Å². The molecule has 0 radical (unpaired) electrons. The van der Waals surface area contributed by atoms with Gasteiger partial charge in [-0.25, -0.2) is 9.78 Å². The molecule has 2 aromatic heterocycles. The Morgan fingerprint density at radius 2 is 2.12 bits per heavy atom. The van der Waals surface area contributed by atoms with E-state index >= 15 is 0 Å². The fraction of sp³-hybridized carbons (Fsp3) is 0.409. The first kappa shape index (κ1) is 23.5. The molecule has 1 aromatic carbocycles. The van der Waals surface area contributed by atoms with Gasteiger partial charge >= 0.3 is 6.09 Å². The summed E-state index contributed by atoms with van der Waals surface area (Å²) in [6.07, 6.45) is 2.78. The van der Waals surface area contributed by atoms with Crippen LogP contribution < -0.4 is 16.0 Å². The van der Waals surface area contributed by atoms with Crippen molar-refractivity contribution < 1.29 is 9.53 Å². The van der Waals surface area contributed by atoms with Crippen LogP contribution in [0.5, 0.6) is 0 Å². The van der Waals surface area contributed by atoms with Gasteiger partial charge in [-0.1, -0.05) is 23.3 Å². The molecule has 0 bridgehead atoms.